The lowest BCUT2D eigenvalue weighted by atomic mass is 10.1. The van der Waals surface area contributed by atoms with Crippen molar-refractivity contribution in [1.82, 2.24) is 4.90 Å². The van der Waals surface area contributed by atoms with E-state index in [9.17, 15) is 4.79 Å². The van der Waals surface area contributed by atoms with Gasteiger partial charge in [0.05, 0.1) is 6.61 Å². The van der Waals surface area contributed by atoms with E-state index in [4.69, 9.17) is 5.11 Å². The summed E-state index contributed by atoms with van der Waals surface area (Å²) in [5.41, 5.74) is 1.23. The summed E-state index contributed by atoms with van der Waals surface area (Å²) in [5.74, 6) is 0.571. The minimum Gasteiger partial charge on any atom is -0.395 e. The van der Waals surface area contributed by atoms with Crippen LogP contribution in [0.4, 0.5) is 0 Å². The zero-order valence-corrected chi connectivity index (χ0v) is 10.5. The molecule has 1 N–H and O–H groups in total. The highest BCUT2D eigenvalue weighted by Crippen LogP contribution is 2.48. The van der Waals surface area contributed by atoms with Gasteiger partial charge in [0.1, 0.15) is 0 Å². The first-order valence-electron chi connectivity index (χ1n) is 6.33. The second-order valence-corrected chi connectivity index (χ2v) is 4.66. The van der Waals surface area contributed by atoms with Crippen molar-refractivity contribution in [2.24, 2.45) is 5.92 Å². The number of aliphatic hydroxyl groups excluding tert-OH is 1. The SMILES string of the molecule is C=CCN(CCO)C(=O)C1CC1c1ccccc1. The van der Waals surface area contributed by atoms with Crippen LogP contribution < -0.4 is 0 Å². The van der Waals surface area contributed by atoms with Crippen LogP contribution in [0.5, 0.6) is 0 Å². The van der Waals surface area contributed by atoms with Gasteiger partial charge >= 0.3 is 0 Å². The predicted molar refractivity (Wildman–Crippen MR) is 71.2 cm³/mol. The molecule has 1 aliphatic carbocycles. The summed E-state index contributed by atoms with van der Waals surface area (Å²) in [5, 5.41) is 8.97. The maximum Gasteiger partial charge on any atom is 0.226 e. The molecule has 1 saturated carbocycles. The summed E-state index contributed by atoms with van der Waals surface area (Å²) < 4.78 is 0. The molecule has 1 fully saturated rings. The minimum absolute atomic E-state index is 0.00229. The molecule has 1 amide bonds. The number of hydrogen-bond acceptors (Lipinski definition) is 2. The second kappa shape index (κ2) is 5.83. The Morgan fingerprint density at radius 2 is 2.17 bits per heavy atom. The Balaban J connectivity index is 1.97. The van der Waals surface area contributed by atoms with Crippen molar-refractivity contribution in [3.05, 3.63) is 48.6 Å². The van der Waals surface area contributed by atoms with E-state index in [1.54, 1.807) is 11.0 Å². The third-order valence-electron chi connectivity index (χ3n) is 3.37. The van der Waals surface area contributed by atoms with Crippen LogP contribution in [0, 0.1) is 5.92 Å². The lowest BCUT2D eigenvalue weighted by Gasteiger charge is -2.20. The highest BCUT2D eigenvalue weighted by atomic mass is 16.3. The smallest absolute Gasteiger partial charge is 0.226 e. The Morgan fingerprint density at radius 1 is 1.44 bits per heavy atom. The van der Waals surface area contributed by atoms with Crippen molar-refractivity contribution in [2.45, 2.75) is 12.3 Å². The van der Waals surface area contributed by atoms with Crippen molar-refractivity contribution < 1.29 is 9.90 Å². The first-order valence-corrected chi connectivity index (χ1v) is 6.33. The molecule has 0 bridgehead atoms. The Morgan fingerprint density at radius 3 is 2.78 bits per heavy atom. The quantitative estimate of drug-likeness (QED) is 0.776. The van der Waals surface area contributed by atoms with Gasteiger partial charge in [0.25, 0.3) is 0 Å². The number of aliphatic hydroxyl groups is 1. The molecule has 0 saturated heterocycles. The van der Waals surface area contributed by atoms with Crippen molar-refractivity contribution >= 4 is 5.91 Å². The van der Waals surface area contributed by atoms with E-state index in [1.165, 1.54) is 5.56 Å². The van der Waals surface area contributed by atoms with E-state index in [1.807, 2.05) is 18.2 Å². The Kier molecular flexibility index (Phi) is 4.15. The fourth-order valence-electron chi connectivity index (χ4n) is 2.34. The zero-order chi connectivity index (χ0) is 13.0. The van der Waals surface area contributed by atoms with Crippen molar-refractivity contribution in [2.75, 3.05) is 19.7 Å². The van der Waals surface area contributed by atoms with Gasteiger partial charge in [-0.1, -0.05) is 36.4 Å². The summed E-state index contributed by atoms with van der Waals surface area (Å²) in [6.07, 6.45) is 2.62. The van der Waals surface area contributed by atoms with Gasteiger partial charge in [0.2, 0.25) is 5.91 Å². The van der Waals surface area contributed by atoms with Crippen molar-refractivity contribution in [1.29, 1.82) is 0 Å². The molecule has 0 aromatic heterocycles. The standard InChI is InChI=1S/C15H19NO2/c1-2-8-16(9-10-17)15(18)14-11-13(14)12-6-4-3-5-7-12/h2-7,13-14,17H,1,8-11H2. The highest BCUT2D eigenvalue weighted by molar-refractivity contribution is 5.83. The van der Waals surface area contributed by atoms with Crippen LogP contribution in [0.3, 0.4) is 0 Å². The van der Waals surface area contributed by atoms with Crippen LogP contribution in [0.15, 0.2) is 43.0 Å². The molecule has 3 heteroatoms. The Bertz CT molecular complexity index is 416. The molecule has 18 heavy (non-hydrogen) atoms. The van der Waals surface area contributed by atoms with Crippen LogP contribution in [0.25, 0.3) is 0 Å². The maximum atomic E-state index is 12.2. The molecule has 1 aromatic carbocycles. The number of nitrogens with zero attached hydrogens (tertiary/aromatic N) is 1. The highest BCUT2D eigenvalue weighted by Gasteiger charge is 2.45. The third-order valence-corrected chi connectivity index (χ3v) is 3.37. The maximum absolute atomic E-state index is 12.2. The largest absolute Gasteiger partial charge is 0.395 e. The van der Waals surface area contributed by atoms with E-state index in [0.29, 0.717) is 19.0 Å². The van der Waals surface area contributed by atoms with Crippen LogP contribution in [-0.2, 0) is 4.79 Å². The van der Waals surface area contributed by atoms with E-state index in [-0.39, 0.29) is 18.4 Å². The normalized spacial score (nSPS) is 21.4. The molecule has 3 nitrogen and oxygen atoms in total. The number of benzene rings is 1. The predicted octanol–water partition coefficient (Wildman–Crippen LogP) is 1.80. The average molecular weight is 245 g/mol. The van der Waals surface area contributed by atoms with Gasteiger partial charge in [0.15, 0.2) is 0 Å². The first kappa shape index (κ1) is 12.8. The lowest BCUT2D eigenvalue weighted by molar-refractivity contribution is -0.132. The summed E-state index contributed by atoms with van der Waals surface area (Å²) >= 11 is 0. The molecule has 96 valence electrons. The molecular weight excluding hydrogens is 226 g/mol. The van der Waals surface area contributed by atoms with Gasteiger partial charge in [-0.3, -0.25) is 4.79 Å². The van der Waals surface area contributed by atoms with Crippen LogP contribution in [-0.4, -0.2) is 35.6 Å². The van der Waals surface area contributed by atoms with Gasteiger partial charge < -0.3 is 10.0 Å². The number of amides is 1. The number of carbonyl (C=O) groups is 1. The zero-order valence-electron chi connectivity index (χ0n) is 10.5. The van der Waals surface area contributed by atoms with Gasteiger partial charge in [-0.05, 0) is 17.9 Å². The fourth-order valence-corrected chi connectivity index (χ4v) is 2.34. The molecule has 2 atom stereocenters. The fraction of sp³-hybridized carbons (Fsp3) is 0.400. The molecular formula is C15H19NO2. The monoisotopic (exact) mass is 245 g/mol. The van der Waals surface area contributed by atoms with Gasteiger partial charge in [0, 0.05) is 19.0 Å². The first-order chi connectivity index (χ1) is 8.77. The molecule has 0 aliphatic heterocycles. The van der Waals surface area contributed by atoms with E-state index < -0.39 is 0 Å². The Hall–Kier alpha value is -1.61. The summed E-state index contributed by atoms with van der Waals surface area (Å²) in [6.45, 7) is 4.55. The number of hydrogen-bond donors (Lipinski definition) is 1. The molecule has 0 radical (unpaired) electrons. The lowest BCUT2D eigenvalue weighted by Crippen LogP contribution is -2.35. The molecule has 0 heterocycles. The van der Waals surface area contributed by atoms with Crippen molar-refractivity contribution in [3.63, 3.8) is 0 Å². The van der Waals surface area contributed by atoms with E-state index in [0.717, 1.165) is 6.42 Å². The van der Waals surface area contributed by atoms with Crippen LogP contribution in [0.1, 0.15) is 17.9 Å². The third kappa shape index (κ3) is 2.79. The van der Waals surface area contributed by atoms with E-state index >= 15 is 0 Å². The average Bonchev–Trinajstić information content (AvgIpc) is 3.19. The van der Waals surface area contributed by atoms with Crippen LogP contribution in [0.2, 0.25) is 0 Å². The van der Waals surface area contributed by atoms with Gasteiger partial charge in [-0.15, -0.1) is 6.58 Å². The second-order valence-electron chi connectivity index (χ2n) is 4.66. The summed E-state index contributed by atoms with van der Waals surface area (Å²) in [6, 6.07) is 10.1. The summed E-state index contributed by atoms with van der Waals surface area (Å²) in [7, 11) is 0. The molecule has 0 spiro atoms. The number of rotatable bonds is 6. The number of carbonyl (C=O) groups excluding carboxylic acids is 1. The molecule has 1 aliphatic rings. The van der Waals surface area contributed by atoms with Crippen molar-refractivity contribution in [3.8, 4) is 0 Å². The molecule has 2 unspecified atom stereocenters. The summed E-state index contributed by atoms with van der Waals surface area (Å²) in [4.78, 5) is 13.9. The molecule has 2 rings (SSSR count). The Labute approximate surface area is 108 Å². The van der Waals surface area contributed by atoms with Gasteiger partial charge in [-0.25, -0.2) is 0 Å². The van der Waals surface area contributed by atoms with Crippen LogP contribution >= 0.6 is 0 Å². The minimum atomic E-state index is 0.00229. The topological polar surface area (TPSA) is 40.5 Å². The van der Waals surface area contributed by atoms with E-state index in [2.05, 4.69) is 18.7 Å². The van der Waals surface area contributed by atoms with Gasteiger partial charge in [-0.2, -0.15) is 0 Å². The molecule has 1 aromatic rings.